The van der Waals surface area contributed by atoms with E-state index < -0.39 is 93.2 Å². The third kappa shape index (κ3) is 8.26. The van der Waals surface area contributed by atoms with E-state index in [0.29, 0.717) is 5.76 Å². The van der Waals surface area contributed by atoms with Gasteiger partial charge in [0.25, 0.3) is 0 Å². The van der Waals surface area contributed by atoms with Crippen LogP contribution in [0, 0.1) is 11.8 Å². The van der Waals surface area contributed by atoms with Gasteiger partial charge in [-0.3, -0.25) is 28.8 Å². The molecule has 2 aliphatic carbocycles. The summed E-state index contributed by atoms with van der Waals surface area (Å²) in [5.74, 6) is -4.93. The molecule has 256 valence electrons. The topological polar surface area (TPSA) is 176 Å². The molecule has 0 bridgehead atoms. The molecule has 1 fully saturated rings. The second-order valence-corrected chi connectivity index (χ2v) is 16.9. The first kappa shape index (κ1) is 35.8. The van der Waals surface area contributed by atoms with E-state index in [0.717, 1.165) is 27.7 Å². The Labute approximate surface area is 273 Å². The van der Waals surface area contributed by atoms with Crippen LogP contribution in [0.15, 0.2) is 30.0 Å². The zero-order chi connectivity index (χ0) is 34.8. The van der Waals surface area contributed by atoms with Crippen LogP contribution in [0.2, 0.25) is 19.6 Å². The van der Waals surface area contributed by atoms with E-state index in [4.69, 9.17) is 37.6 Å². The van der Waals surface area contributed by atoms with Crippen molar-refractivity contribution in [3.05, 3.63) is 41.2 Å². The highest BCUT2D eigenvalue weighted by Gasteiger charge is 2.54. The Bertz CT molecular complexity index is 1460. The maximum absolute atomic E-state index is 14.2. The van der Waals surface area contributed by atoms with Crippen LogP contribution in [-0.2, 0) is 52.0 Å². The Kier molecular flexibility index (Phi) is 10.9. The molecule has 0 N–H and O–H groups in total. The molecule has 1 saturated heterocycles. The lowest BCUT2D eigenvalue weighted by Gasteiger charge is -2.44. The van der Waals surface area contributed by atoms with E-state index in [9.17, 15) is 28.8 Å². The molecule has 0 amide bonds. The van der Waals surface area contributed by atoms with Crippen molar-refractivity contribution in [1.29, 1.82) is 0 Å². The van der Waals surface area contributed by atoms with E-state index in [-0.39, 0.29) is 29.1 Å². The first-order valence-electron chi connectivity index (χ1n) is 15.1. The number of Topliss-reactive ketones (excluding diaryl/α,β-unsaturated/α-hetero) is 2. The zero-order valence-electron chi connectivity index (χ0n) is 27.6. The minimum absolute atomic E-state index is 0.0179. The van der Waals surface area contributed by atoms with Crippen LogP contribution >= 0.6 is 0 Å². The van der Waals surface area contributed by atoms with Gasteiger partial charge >= 0.3 is 23.9 Å². The molecule has 47 heavy (non-hydrogen) atoms. The number of rotatable bonds is 10. The van der Waals surface area contributed by atoms with Crippen molar-refractivity contribution in [2.24, 2.45) is 11.8 Å². The van der Waals surface area contributed by atoms with E-state index in [1.807, 2.05) is 19.6 Å². The third-order valence-electron chi connectivity index (χ3n) is 7.64. The molecule has 0 saturated carbocycles. The maximum Gasteiger partial charge on any atom is 0.303 e. The van der Waals surface area contributed by atoms with Gasteiger partial charge < -0.3 is 37.6 Å². The van der Waals surface area contributed by atoms with E-state index in [1.54, 1.807) is 6.08 Å². The van der Waals surface area contributed by atoms with Crippen LogP contribution in [-0.4, -0.2) is 94.3 Å². The van der Waals surface area contributed by atoms with Gasteiger partial charge in [0.2, 0.25) is 20.7 Å². The van der Waals surface area contributed by atoms with Gasteiger partial charge in [-0.15, -0.1) is 0 Å². The van der Waals surface area contributed by atoms with Crippen LogP contribution in [0.1, 0.15) is 54.8 Å². The van der Waals surface area contributed by atoms with Gasteiger partial charge in [-0.25, -0.2) is 0 Å². The summed E-state index contributed by atoms with van der Waals surface area (Å²) in [7, 11) is -0.607. The molecule has 3 aliphatic rings. The van der Waals surface area contributed by atoms with Crippen molar-refractivity contribution in [3.8, 4) is 5.75 Å². The Morgan fingerprint density at radius 2 is 1.47 bits per heavy atom. The van der Waals surface area contributed by atoms with Gasteiger partial charge in [0.05, 0.1) is 23.3 Å². The molecule has 4 rings (SSSR count). The van der Waals surface area contributed by atoms with Crippen molar-refractivity contribution in [3.63, 3.8) is 0 Å². The number of hydrogen-bond acceptors (Lipinski definition) is 14. The van der Waals surface area contributed by atoms with Crippen molar-refractivity contribution < 1.29 is 66.4 Å². The predicted molar refractivity (Wildman–Crippen MR) is 163 cm³/mol. The van der Waals surface area contributed by atoms with Crippen molar-refractivity contribution in [2.75, 3.05) is 13.7 Å². The average molecular weight is 677 g/mol. The molecular weight excluding hydrogens is 636 g/mol. The van der Waals surface area contributed by atoms with Gasteiger partial charge in [0, 0.05) is 52.7 Å². The summed E-state index contributed by atoms with van der Waals surface area (Å²) in [6.07, 6.45) is -6.02. The largest absolute Gasteiger partial charge is 0.547 e. The number of benzene rings is 1. The summed E-state index contributed by atoms with van der Waals surface area (Å²) < 4.78 is 45.6. The highest BCUT2D eigenvalue weighted by atomic mass is 28.4. The summed E-state index contributed by atoms with van der Waals surface area (Å²) in [5, 5.41) is 0. The van der Waals surface area contributed by atoms with E-state index in [2.05, 4.69) is 0 Å². The number of methoxy groups -OCH3 is 1. The zero-order valence-corrected chi connectivity index (χ0v) is 28.6. The van der Waals surface area contributed by atoms with Crippen molar-refractivity contribution in [2.45, 2.75) is 90.6 Å². The molecule has 0 aromatic heterocycles. The third-order valence-corrected chi connectivity index (χ3v) is 8.51. The fourth-order valence-electron chi connectivity index (χ4n) is 6.06. The SMILES string of the molecule is CO[C@H]1C=C(O[Si](C)(C)C)C[C@H]2C(=O)c3c(O[C@@H]4O[C@H](COC(C)=O)[C@@H](OC(C)=O)[C@H](OC(C)=O)[C@H]4OC(C)=O)cccc3C(=O)[C@@H]12. The summed E-state index contributed by atoms with van der Waals surface area (Å²) in [6.45, 7) is 10.0. The lowest BCUT2D eigenvalue weighted by Crippen LogP contribution is -2.63. The minimum atomic E-state index is -2.07. The summed E-state index contributed by atoms with van der Waals surface area (Å²) in [4.78, 5) is 76.4. The molecule has 0 unspecified atom stereocenters. The monoisotopic (exact) mass is 676 g/mol. The molecular formula is C32H40O14Si. The number of fused-ring (bicyclic) bond motifs is 2. The Hall–Kier alpha value is -4.08. The number of carbonyl (C=O) groups excluding carboxylic acids is 6. The smallest absolute Gasteiger partial charge is 0.303 e. The number of ether oxygens (including phenoxy) is 7. The predicted octanol–water partition coefficient (Wildman–Crippen LogP) is 2.91. The van der Waals surface area contributed by atoms with Crippen LogP contribution < -0.4 is 4.74 Å². The van der Waals surface area contributed by atoms with E-state index in [1.165, 1.54) is 25.3 Å². The Morgan fingerprint density at radius 3 is 2.04 bits per heavy atom. The second kappa shape index (κ2) is 14.4. The molecule has 1 aliphatic heterocycles. The van der Waals surface area contributed by atoms with E-state index >= 15 is 0 Å². The van der Waals surface area contributed by atoms with Gasteiger partial charge in [-0.1, -0.05) is 12.1 Å². The first-order chi connectivity index (χ1) is 22.0. The van der Waals surface area contributed by atoms with Crippen LogP contribution in [0.4, 0.5) is 0 Å². The molecule has 15 heteroatoms. The normalized spacial score (nSPS) is 28.6. The molecule has 1 heterocycles. The maximum atomic E-state index is 14.2. The van der Waals surface area contributed by atoms with Crippen LogP contribution in [0.3, 0.4) is 0 Å². The van der Waals surface area contributed by atoms with Gasteiger partial charge in [-0.2, -0.15) is 0 Å². The van der Waals surface area contributed by atoms with Crippen molar-refractivity contribution in [1.82, 2.24) is 0 Å². The Morgan fingerprint density at radius 1 is 0.851 bits per heavy atom. The lowest BCUT2D eigenvalue weighted by molar-refractivity contribution is -0.288. The summed E-state index contributed by atoms with van der Waals surface area (Å²) >= 11 is 0. The van der Waals surface area contributed by atoms with Gasteiger partial charge in [0.15, 0.2) is 23.8 Å². The Balaban J connectivity index is 1.77. The quantitative estimate of drug-likeness (QED) is 0.201. The number of allylic oxidation sites excluding steroid dienone is 1. The van der Waals surface area contributed by atoms with Gasteiger partial charge in [-0.05, 0) is 31.8 Å². The lowest BCUT2D eigenvalue weighted by atomic mass is 9.67. The molecule has 8 atom stereocenters. The standard InChI is InChI=1S/C32H40O14Si/c1-15(33)40-14-24-29(41-16(2)34)30(42-17(3)35)31(43-18(4)36)32(45-24)44-22-11-9-10-20-25(22)28(38)21-12-19(46-47(6,7)8)13-23(39-5)26(21)27(20)37/h9-11,13,21,23-24,26,29-32H,12,14H2,1-8H3/t21-,23+,24-,26-,29-,30+,31-,32-/m1/s1. The first-order valence-corrected chi connectivity index (χ1v) is 18.5. The number of carbonyl (C=O) groups is 6. The fraction of sp³-hybridized carbons (Fsp3) is 0.562. The van der Waals surface area contributed by atoms with Crippen LogP contribution in [0.25, 0.3) is 0 Å². The fourth-order valence-corrected chi connectivity index (χ4v) is 7.00. The highest BCUT2D eigenvalue weighted by Crippen LogP contribution is 2.44. The molecule has 0 spiro atoms. The molecule has 0 radical (unpaired) electrons. The summed E-state index contributed by atoms with van der Waals surface area (Å²) in [6, 6.07) is 4.48. The molecule has 14 nitrogen and oxygen atoms in total. The van der Waals surface area contributed by atoms with Gasteiger partial charge in [0.1, 0.15) is 18.5 Å². The average Bonchev–Trinajstić information content (AvgIpc) is 2.95. The summed E-state index contributed by atoms with van der Waals surface area (Å²) in [5.41, 5.74) is 0.0834. The minimum Gasteiger partial charge on any atom is -0.547 e. The number of esters is 4. The van der Waals surface area contributed by atoms with Crippen molar-refractivity contribution >= 4 is 43.8 Å². The van der Waals surface area contributed by atoms with Crippen LogP contribution in [0.5, 0.6) is 5.75 Å². The second-order valence-electron chi connectivity index (χ2n) is 12.5. The highest BCUT2D eigenvalue weighted by molar-refractivity contribution is 6.70. The number of ketones is 2. The molecule has 1 aromatic carbocycles. The number of hydrogen-bond donors (Lipinski definition) is 0. The molecule has 1 aromatic rings.